The average Bonchev–Trinajstić information content (AvgIpc) is 2.60. The second-order valence-corrected chi connectivity index (χ2v) is 5.50. The zero-order chi connectivity index (χ0) is 16.2. The minimum absolute atomic E-state index is 0.114. The van der Waals surface area contributed by atoms with Crippen molar-refractivity contribution >= 4 is 10.9 Å². The Morgan fingerprint density at radius 2 is 2.22 bits per heavy atom. The molecule has 0 amide bonds. The van der Waals surface area contributed by atoms with Crippen molar-refractivity contribution in [2.45, 2.75) is 26.2 Å². The molecular formula is C16H21N3O4. The van der Waals surface area contributed by atoms with Crippen molar-refractivity contribution in [3.8, 4) is 5.75 Å². The van der Waals surface area contributed by atoms with E-state index >= 15 is 0 Å². The molecule has 1 aromatic carbocycles. The van der Waals surface area contributed by atoms with Crippen LogP contribution in [0.4, 0.5) is 0 Å². The molecule has 1 aliphatic heterocycles. The van der Waals surface area contributed by atoms with E-state index in [1.165, 1.54) is 6.33 Å². The Morgan fingerprint density at radius 3 is 2.91 bits per heavy atom. The molecule has 1 atom stereocenters. The first-order valence-electron chi connectivity index (χ1n) is 7.82. The normalized spacial score (nSPS) is 17.3. The molecule has 1 aromatic heterocycles. The quantitative estimate of drug-likeness (QED) is 0.850. The zero-order valence-electron chi connectivity index (χ0n) is 13.1. The van der Waals surface area contributed by atoms with Gasteiger partial charge in [0.1, 0.15) is 5.75 Å². The van der Waals surface area contributed by atoms with Crippen LogP contribution in [0.25, 0.3) is 10.9 Å². The molecule has 1 fully saturated rings. The summed E-state index contributed by atoms with van der Waals surface area (Å²) in [5.74, 6) is 0.525. The van der Waals surface area contributed by atoms with Crippen LogP contribution in [0, 0.1) is 0 Å². The number of nitrogens with zero attached hydrogens (tertiary/aromatic N) is 2. The Kier molecular flexibility index (Phi) is 4.90. The zero-order valence-corrected chi connectivity index (χ0v) is 13.1. The van der Waals surface area contributed by atoms with Gasteiger partial charge in [-0.2, -0.15) is 0 Å². The van der Waals surface area contributed by atoms with Crippen molar-refractivity contribution in [1.82, 2.24) is 14.9 Å². The molecule has 0 aliphatic carbocycles. The van der Waals surface area contributed by atoms with Gasteiger partial charge in [-0.1, -0.05) is 6.92 Å². The van der Waals surface area contributed by atoms with Crippen molar-refractivity contribution in [3.05, 3.63) is 34.4 Å². The molecule has 2 aromatic rings. The van der Waals surface area contributed by atoms with E-state index in [1.807, 2.05) is 6.92 Å². The summed E-state index contributed by atoms with van der Waals surface area (Å²) in [6.07, 6.45) is 2.04. The van der Waals surface area contributed by atoms with Gasteiger partial charge in [0, 0.05) is 18.7 Å². The Bertz CT molecular complexity index is 725. The predicted octanol–water partition coefficient (Wildman–Crippen LogP) is 0.862. The van der Waals surface area contributed by atoms with Crippen LogP contribution in [0.1, 0.15) is 18.9 Å². The van der Waals surface area contributed by atoms with Crippen LogP contribution < -0.4 is 10.3 Å². The fourth-order valence-electron chi connectivity index (χ4n) is 2.80. The molecule has 0 spiro atoms. The molecule has 1 unspecified atom stereocenters. The summed E-state index contributed by atoms with van der Waals surface area (Å²) >= 11 is 0. The van der Waals surface area contributed by atoms with Crippen LogP contribution in [0.15, 0.2) is 23.3 Å². The molecule has 0 saturated carbocycles. The van der Waals surface area contributed by atoms with E-state index in [9.17, 15) is 9.90 Å². The highest BCUT2D eigenvalue weighted by Gasteiger charge is 2.22. The average molecular weight is 319 g/mol. The van der Waals surface area contributed by atoms with Crippen molar-refractivity contribution in [3.63, 3.8) is 0 Å². The lowest BCUT2D eigenvalue weighted by molar-refractivity contribution is -0.0473. The molecule has 23 heavy (non-hydrogen) atoms. The number of benzene rings is 1. The maximum absolute atomic E-state index is 11.9. The second kappa shape index (κ2) is 7.08. The summed E-state index contributed by atoms with van der Waals surface area (Å²) in [4.78, 5) is 20.8. The fraction of sp³-hybridized carbons (Fsp3) is 0.500. The molecule has 0 bridgehead atoms. The molecule has 1 saturated heterocycles. The minimum atomic E-state index is -0.219. The van der Waals surface area contributed by atoms with Crippen LogP contribution >= 0.6 is 0 Å². The van der Waals surface area contributed by atoms with Gasteiger partial charge in [-0.25, -0.2) is 4.98 Å². The SMILES string of the molecule is CCC(Oc1cc2c(=O)[nH]cnc2cc1CO)N1CCOCC1. The van der Waals surface area contributed by atoms with Gasteiger partial charge < -0.3 is 19.6 Å². The highest BCUT2D eigenvalue weighted by Crippen LogP contribution is 2.26. The number of aliphatic hydroxyl groups is 1. The standard InChI is InChI=1S/C16H21N3O4/c1-2-15(19-3-5-22-6-4-19)23-14-8-12-13(7-11(14)9-20)17-10-18-16(12)21/h7-8,10,15,20H,2-6,9H2,1H3,(H,17,18,21). The number of rotatable bonds is 5. The Labute approximate surface area is 133 Å². The lowest BCUT2D eigenvalue weighted by Crippen LogP contribution is -2.46. The number of aromatic nitrogens is 2. The fourth-order valence-corrected chi connectivity index (χ4v) is 2.80. The van der Waals surface area contributed by atoms with Gasteiger partial charge >= 0.3 is 0 Å². The molecule has 0 radical (unpaired) electrons. The predicted molar refractivity (Wildman–Crippen MR) is 85.4 cm³/mol. The number of hydrogen-bond donors (Lipinski definition) is 2. The van der Waals surface area contributed by atoms with E-state index in [4.69, 9.17) is 9.47 Å². The van der Waals surface area contributed by atoms with Gasteiger partial charge in [-0.3, -0.25) is 9.69 Å². The third kappa shape index (κ3) is 3.36. The summed E-state index contributed by atoms with van der Waals surface area (Å²) in [6, 6.07) is 3.36. The Hall–Kier alpha value is -1.96. The number of morpholine rings is 1. The molecule has 2 N–H and O–H groups in total. The van der Waals surface area contributed by atoms with E-state index in [-0.39, 0.29) is 18.4 Å². The van der Waals surface area contributed by atoms with Crippen LogP contribution in [-0.2, 0) is 11.3 Å². The third-order valence-corrected chi connectivity index (χ3v) is 4.06. The summed E-state index contributed by atoms with van der Waals surface area (Å²) < 4.78 is 11.5. The van der Waals surface area contributed by atoms with Gasteiger partial charge in [0.05, 0.1) is 37.1 Å². The van der Waals surface area contributed by atoms with Crippen molar-refractivity contribution in [2.24, 2.45) is 0 Å². The number of nitrogens with one attached hydrogen (secondary N) is 1. The summed E-state index contributed by atoms with van der Waals surface area (Å²) in [6.45, 7) is 4.88. The highest BCUT2D eigenvalue weighted by molar-refractivity contribution is 5.80. The molecule has 124 valence electrons. The molecule has 2 heterocycles. The molecule has 1 aliphatic rings. The smallest absolute Gasteiger partial charge is 0.258 e. The molecule has 3 rings (SSSR count). The van der Waals surface area contributed by atoms with Crippen LogP contribution in [-0.4, -0.2) is 52.5 Å². The first-order chi connectivity index (χ1) is 11.2. The monoisotopic (exact) mass is 319 g/mol. The van der Waals surface area contributed by atoms with Crippen LogP contribution in [0.3, 0.4) is 0 Å². The lowest BCUT2D eigenvalue weighted by atomic mass is 10.1. The van der Waals surface area contributed by atoms with Gasteiger partial charge in [-0.05, 0) is 18.6 Å². The summed E-state index contributed by atoms with van der Waals surface area (Å²) in [5.41, 5.74) is 0.954. The number of H-pyrrole nitrogens is 1. The Balaban J connectivity index is 1.93. The van der Waals surface area contributed by atoms with Gasteiger partial charge in [0.25, 0.3) is 5.56 Å². The van der Waals surface area contributed by atoms with E-state index in [0.717, 1.165) is 19.5 Å². The number of hydrogen-bond acceptors (Lipinski definition) is 6. The Morgan fingerprint density at radius 1 is 1.43 bits per heavy atom. The molecule has 7 heteroatoms. The minimum Gasteiger partial charge on any atom is -0.475 e. The van der Waals surface area contributed by atoms with Crippen LogP contribution in [0.5, 0.6) is 5.75 Å². The first-order valence-corrected chi connectivity index (χ1v) is 7.82. The maximum Gasteiger partial charge on any atom is 0.258 e. The van der Waals surface area contributed by atoms with Crippen molar-refractivity contribution < 1.29 is 14.6 Å². The number of ether oxygens (including phenoxy) is 2. The lowest BCUT2D eigenvalue weighted by Gasteiger charge is -2.34. The maximum atomic E-state index is 11.9. The van der Waals surface area contributed by atoms with Gasteiger partial charge in [0.2, 0.25) is 0 Å². The highest BCUT2D eigenvalue weighted by atomic mass is 16.5. The van der Waals surface area contributed by atoms with Crippen molar-refractivity contribution in [2.75, 3.05) is 26.3 Å². The summed E-state index contributed by atoms with van der Waals surface area (Å²) in [7, 11) is 0. The third-order valence-electron chi connectivity index (χ3n) is 4.06. The largest absolute Gasteiger partial charge is 0.475 e. The van der Waals surface area contributed by atoms with E-state index in [0.29, 0.717) is 35.4 Å². The van der Waals surface area contributed by atoms with E-state index < -0.39 is 0 Å². The number of aliphatic hydroxyl groups excluding tert-OH is 1. The topological polar surface area (TPSA) is 87.7 Å². The summed E-state index contributed by atoms with van der Waals surface area (Å²) in [5, 5.41) is 10.1. The molecular weight excluding hydrogens is 298 g/mol. The van der Waals surface area contributed by atoms with Crippen molar-refractivity contribution in [1.29, 1.82) is 0 Å². The number of aromatic amines is 1. The second-order valence-electron chi connectivity index (χ2n) is 5.50. The molecule has 7 nitrogen and oxygen atoms in total. The number of fused-ring (bicyclic) bond motifs is 1. The van der Waals surface area contributed by atoms with Gasteiger partial charge in [-0.15, -0.1) is 0 Å². The van der Waals surface area contributed by atoms with E-state index in [2.05, 4.69) is 14.9 Å². The van der Waals surface area contributed by atoms with Crippen LogP contribution in [0.2, 0.25) is 0 Å². The van der Waals surface area contributed by atoms with Gasteiger partial charge in [0.15, 0.2) is 6.23 Å². The van der Waals surface area contributed by atoms with E-state index in [1.54, 1.807) is 12.1 Å². The first kappa shape index (κ1) is 15.9.